The van der Waals surface area contributed by atoms with Crippen molar-refractivity contribution in [2.45, 2.75) is 46.1 Å². The summed E-state index contributed by atoms with van der Waals surface area (Å²) < 4.78 is 17.4. The molecule has 0 spiro atoms. The Bertz CT molecular complexity index is 925. The molecule has 0 unspecified atom stereocenters. The monoisotopic (exact) mass is 417 g/mol. The second kappa shape index (κ2) is 9.55. The molecule has 1 aliphatic rings. The highest BCUT2D eigenvalue weighted by Crippen LogP contribution is 2.29. The molecule has 0 aliphatic carbocycles. The maximum atomic E-state index is 13.3. The Labute approximate surface area is 178 Å². The molecule has 0 atom stereocenters. The van der Waals surface area contributed by atoms with E-state index in [-0.39, 0.29) is 18.2 Å². The molecule has 0 bridgehead atoms. The number of nitrogens with zero attached hydrogens (tertiary/aromatic N) is 5. The molecular weight excluding hydrogens is 389 g/mol. The minimum Gasteiger partial charge on any atom is -0.330 e. The molecule has 29 heavy (non-hydrogen) atoms. The summed E-state index contributed by atoms with van der Waals surface area (Å²) >= 11 is 0. The van der Waals surface area contributed by atoms with Crippen molar-refractivity contribution in [1.82, 2.24) is 24.2 Å². The highest BCUT2D eigenvalue weighted by molar-refractivity contribution is 5.85. The van der Waals surface area contributed by atoms with Crippen molar-refractivity contribution >= 4 is 12.4 Å². The second-order valence-electron chi connectivity index (χ2n) is 7.66. The van der Waals surface area contributed by atoms with Crippen LogP contribution in [0.1, 0.15) is 37.1 Å². The third-order valence-corrected chi connectivity index (χ3v) is 5.65. The summed E-state index contributed by atoms with van der Waals surface area (Å²) in [6.45, 7) is 8.65. The van der Waals surface area contributed by atoms with Crippen LogP contribution in [-0.2, 0) is 6.54 Å². The number of aryl methyl sites for hydroxylation is 2. The van der Waals surface area contributed by atoms with Gasteiger partial charge in [0.1, 0.15) is 5.82 Å². The normalized spacial score (nSPS) is 14.7. The third kappa shape index (κ3) is 4.70. The summed E-state index contributed by atoms with van der Waals surface area (Å²) in [4.78, 5) is 6.98. The first kappa shape index (κ1) is 21.5. The largest absolute Gasteiger partial charge is 0.330 e. The van der Waals surface area contributed by atoms with Crippen LogP contribution in [0.25, 0.3) is 16.9 Å². The Kier molecular flexibility index (Phi) is 7.09. The van der Waals surface area contributed by atoms with Gasteiger partial charge in [-0.1, -0.05) is 6.42 Å². The van der Waals surface area contributed by atoms with Crippen molar-refractivity contribution in [3.8, 4) is 16.9 Å². The van der Waals surface area contributed by atoms with Gasteiger partial charge < -0.3 is 9.47 Å². The van der Waals surface area contributed by atoms with Crippen LogP contribution < -0.4 is 0 Å². The van der Waals surface area contributed by atoms with Crippen LogP contribution in [0.2, 0.25) is 0 Å². The lowest BCUT2D eigenvalue weighted by molar-refractivity contribution is 0.223. The maximum Gasteiger partial charge on any atom is 0.123 e. The minimum absolute atomic E-state index is 0. The van der Waals surface area contributed by atoms with E-state index in [0.717, 1.165) is 47.8 Å². The average molecular weight is 418 g/mol. The molecular formula is C22H29ClFN5. The first-order valence-corrected chi connectivity index (χ1v) is 10.2. The number of piperidine rings is 1. The molecule has 3 heterocycles. The van der Waals surface area contributed by atoms with E-state index >= 15 is 0 Å². The van der Waals surface area contributed by atoms with E-state index in [1.165, 1.54) is 44.5 Å². The fraction of sp³-hybridized carbons (Fsp3) is 0.455. The fourth-order valence-electron chi connectivity index (χ4n) is 4.20. The molecule has 0 saturated carbocycles. The SMILES string of the molecule is Cc1nn(-c2ccc(F)cc2)c(C)c1-c1cncn1CCCN1CCCCC1.Cl. The van der Waals surface area contributed by atoms with Gasteiger partial charge >= 0.3 is 0 Å². The van der Waals surface area contributed by atoms with Crippen LogP contribution in [0.15, 0.2) is 36.8 Å². The van der Waals surface area contributed by atoms with E-state index in [2.05, 4.69) is 21.4 Å². The lowest BCUT2D eigenvalue weighted by Gasteiger charge is -2.26. The highest BCUT2D eigenvalue weighted by Gasteiger charge is 2.18. The maximum absolute atomic E-state index is 13.3. The molecule has 1 saturated heterocycles. The Hall–Kier alpha value is -2.18. The Morgan fingerprint density at radius 3 is 2.45 bits per heavy atom. The molecule has 1 fully saturated rings. The number of hydrogen-bond acceptors (Lipinski definition) is 3. The summed E-state index contributed by atoms with van der Waals surface area (Å²) in [6.07, 6.45) is 8.99. The molecule has 5 nitrogen and oxygen atoms in total. The second-order valence-corrected chi connectivity index (χ2v) is 7.66. The van der Waals surface area contributed by atoms with Gasteiger partial charge in [-0.25, -0.2) is 14.1 Å². The molecule has 3 aromatic rings. The predicted octanol–water partition coefficient (Wildman–Crippen LogP) is 4.79. The number of halogens is 2. The van der Waals surface area contributed by atoms with Crippen LogP contribution in [0, 0.1) is 19.7 Å². The zero-order valence-corrected chi connectivity index (χ0v) is 18.0. The van der Waals surface area contributed by atoms with Gasteiger partial charge in [-0.2, -0.15) is 5.10 Å². The number of aromatic nitrogens is 4. The van der Waals surface area contributed by atoms with E-state index in [0.29, 0.717) is 0 Å². The minimum atomic E-state index is -0.239. The topological polar surface area (TPSA) is 38.9 Å². The van der Waals surface area contributed by atoms with Crippen LogP contribution >= 0.6 is 12.4 Å². The number of likely N-dealkylation sites (tertiary alicyclic amines) is 1. The van der Waals surface area contributed by atoms with Gasteiger partial charge in [-0.3, -0.25) is 0 Å². The average Bonchev–Trinajstić information content (AvgIpc) is 3.27. The van der Waals surface area contributed by atoms with Crippen molar-refractivity contribution in [1.29, 1.82) is 0 Å². The van der Waals surface area contributed by atoms with E-state index in [9.17, 15) is 4.39 Å². The summed E-state index contributed by atoms with van der Waals surface area (Å²) in [5.41, 5.74) is 5.08. The van der Waals surface area contributed by atoms with Gasteiger partial charge in [0.2, 0.25) is 0 Å². The van der Waals surface area contributed by atoms with Crippen LogP contribution in [0.4, 0.5) is 4.39 Å². The van der Waals surface area contributed by atoms with Gasteiger partial charge in [-0.05, 0) is 77.0 Å². The molecule has 156 valence electrons. The van der Waals surface area contributed by atoms with Crippen LogP contribution in [-0.4, -0.2) is 43.9 Å². The number of rotatable bonds is 6. The van der Waals surface area contributed by atoms with Gasteiger partial charge in [0.15, 0.2) is 0 Å². The third-order valence-electron chi connectivity index (χ3n) is 5.65. The molecule has 0 amide bonds. The highest BCUT2D eigenvalue weighted by atomic mass is 35.5. The molecule has 4 rings (SSSR count). The summed E-state index contributed by atoms with van der Waals surface area (Å²) in [6, 6.07) is 6.45. The van der Waals surface area contributed by atoms with Crippen molar-refractivity contribution in [3.05, 3.63) is 54.0 Å². The molecule has 0 N–H and O–H groups in total. The van der Waals surface area contributed by atoms with Crippen molar-refractivity contribution in [2.75, 3.05) is 19.6 Å². The van der Waals surface area contributed by atoms with E-state index in [4.69, 9.17) is 5.10 Å². The first-order chi connectivity index (χ1) is 13.6. The molecule has 1 aromatic carbocycles. The number of hydrogen-bond donors (Lipinski definition) is 0. The van der Waals surface area contributed by atoms with E-state index in [1.807, 2.05) is 24.1 Å². The summed E-state index contributed by atoms with van der Waals surface area (Å²) in [7, 11) is 0. The van der Waals surface area contributed by atoms with Crippen molar-refractivity contribution < 1.29 is 4.39 Å². The Morgan fingerprint density at radius 2 is 1.72 bits per heavy atom. The van der Waals surface area contributed by atoms with Gasteiger partial charge in [0.05, 0.1) is 35.3 Å². The zero-order valence-electron chi connectivity index (χ0n) is 17.1. The molecule has 2 aromatic heterocycles. The van der Waals surface area contributed by atoms with Gasteiger partial charge in [-0.15, -0.1) is 12.4 Å². The summed E-state index contributed by atoms with van der Waals surface area (Å²) in [5.74, 6) is -0.239. The number of imidazole rings is 1. The molecule has 1 aliphatic heterocycles. The Balaban J connectivity index is 0.00000240. The van der Waals surface area contributed by atoms with Crippen LogP contribution in [0.5, 0.6) is 0 Å². The molecule has 7 heteroatoms. The smallest absolute Gasteiger partial charge is 0.123 e. The summed E-state index contributed by atoms with van der Waals surface area (Å²) in [5, 5.41) is 4.71. The van der Waals surface area contributed by atoms with E-state index < -0.39 is 0 Å². The number of benzene rings is 1. The van der Waals surface area contributed by atoms with Gasteiger partial charge in [0, 0.05) is 12.1 Å². The Morgan fingerprint density at radius 1 is 1.00 bits per heavy atom. The first-order valence-electron chi connectivity index (χ1n) is 10.2. The van der Waals surface area contributed by atoms with Crippen molar-refractivity contribution in [3.63, 3.8) is 0 Å². The zero-order chi connectivity index (χ0) is 19.5. The lowest BCUT2D eigenvalue weighted by Crippen LogP contribution is -2.31. The van der Waals surface area contributed by atoms with E-state index in [1.54, 1.807) is 12.1 Å². The predicted molar refractivity (Wildman–Crippen MR) is 116 cm³/mol. The lowest BCUT2D eigenvalue weighted by atomic mass is 10.1. The molecule has 0 radical (unpaired) electrons. The quantitative estimate of drug-likeness (QED) is 0.578. The fourth-order valence-corrected chi connectivity index (χ4v) is 4.20. The van der Waals surface area contributed by atoms with Crippen LogP contribution in [0.3, 0.4) is 0 Å². The van der Waals surface area contributed by atoms with Gasteiger partial charge in [0.25, 0.3) is 0 Å². The van der Waals surface area contributed by atoms with Crippen molar-refractivity contribution in [2.24, 2.45) is 0 Å². The standard InChI is InChI=1S/C22H28FN5.ClH/c1-17-22(18(2)28(25-17)20-9-7-19(23)8-10-20)21-15-24-16-27(21)14-6-13-26-11-4-3-5-12-26;/h7-10,15-16H,3-6,11-14H2,1-2H3;1H.